The van der Waals surface area contributed by atoms with Crippen LogP contribution in [-0.2, 0) is 11.3 Å². The summed E-state index contributed by atoms with van der Waals surface area (Å²) in [4.78, 5) is 48.4. The summed E-state index contributed by atoms with van der Waals surface area (Å²) in [6.45, 7) is 1.66. The van der Waals surface area contributed by atoms with E-state index in [2.05, 4.69) is 9.97 Å². The predicted octanol–water partition coefficient (Wildman–Crippen LogP) is 1.57. The van der Waals surface area contributed by atoms with Gasteiger partial charge in [0.2, 0.25) is 11.5 Å². The lowest BCUT2D eigenvalue weighted by molar-refractivity contribution is -0.146. The van der Waals surface area contributed by atoms with Gasteiger partial charge in [0, 0.05) is 37.1 Å². The van der Waals surface area contributed by atoms with Crippen molar-refractivity contribution in [3.05, 3.63) is 64.3 Å². The summed E-state index contributed by atoms with van der Waals surface area (Å²) >= 11 is 0. The van der Waals surface area contributed by atoms with Crippen LogP contribution < -0.4 is 5.56 Å². The first kappa shape index (κ1) is 17.5. The Kier molecular flexibility index (Phi) is 4.51. The number of rotatable bonds is 3. The molecule has 0 radical (unpaired) electrons. The molecular formula is C20H22N4O3. The lowest BCUT2D eigenvalue weighted by Gasteiger charge is -2.44. The van der Waals surface area contributed by atoms with Crippen molar-refractivity contribution < 1.29 is 9.59 Å². The van der Waals surface area contributed by atoms with Crippen LogP contribution in [0.3, 0.4) is 0 Å². The van der Waals surface area contributed by atoms with Crippen molar-refractivity contribution in [1.29, 1.82) is 0 Å². The Hall–Kier alpha value is -2.96. The topological polar surface area (TPSA) is 86.4 Å². The van der Waals surface area contributed by atoms with Gasteiger partial charge in [-0.1, -0.05) is 6.07 Å². The first-order valence-corrected chi connectivity index (χ1v) is 9.30. The van der Waals surface area contributed by atoms with Crippen molar-refractivity contribution in [3.8, 4) is 0 Å². The second kappa shape index (κ2) is 6.98. The molecule has 7 nitrogen and oxygen atoms in total. The Labute approximate surface area is 157 Å². The van der Waals surface area contributed by atoms with Crippen molar-refractivity contribution in [1.82, 2.24) is 19.8 Å². The van der Waals surface area contributed by atoms with Crippen LogP contribution >= 0.6 is 0 Å². The van der Waals surface area contributed by atoms with E-state index in [4.69, 9.17) is 0 Å². The zero-order valence-electron chi connectivity index (χ0n) is 15.1. The van der Waals surface area contributed by atoms with Gasteiger partial charge in [0.05, 0.1) is 12.2 Å². The smallest absolute Gasteiger partial charge is 0.255 e. The number of carbonyl (C=O) groups excluding carboxylic acids is 2. The van der Waals surface area contributed by atoms with Crippen LogP contribution in [0.4, 0.5) is 0 Å². The average Bonchev–Trinajstić information content (AvgIpc) is 3.10. The number of carbonyl (C=O) groups is 2. The Bertz CT molecular complexity index is 911. The number of hydrogen-bond acceptors (Lipinski definition) is 4. The monoisotopic (exact) mass is 366 g/mol. The Morgan fingerprint density at radius 3 is 2.70 bits per heavy atom. The van der Waals surface area contributed by atoms with Gasteiger partial charge in [-0.2, -0.15) is 0 Å². The number of nitrogens with zero attached hydrogens (tertiary/aromatic N) is 3. The normalized spacial score (nSPS) is 22.4. The third-order valence-corrected chi connectivity index (χ3v) is 5.54. The van der Waals surface area contributed by atoms with E-state index in [0.29, 0.717) is 38.0 Å². The molecule has 2 saturated heterocycles. The summed E-state index contributed by atoms with van der Waals surface area (Å²) < 4.78 is 0. The SMILES string of the molecule is O=C(c1cc[nH]c(=O)c1)N1CCCC12CCCN(Cc1ccccn1)C2=O. The predicted molar refractivity (Wildman–Crippen MR) is 99.0 cm³/mol. The van der Waals surface area contributed by atoms with E-state index >= 15 is 0 Å². The van der Waals surface area contributed by atoms with E-state index in [1.165, 1.54) is 12.3 Å². The standard InChI is InChI=1S/C20H22N4O3/c25-17-13-15(6-10-22-17)18(26)24-12-4-8-20(24)7-3-11-23(19(20)27)14-16-5-1-2-9-21-16/h1-2,5-6,9-10,13H,3-4,7-8,11-12,14H2,(H,22,25). The molecule has 4 heterocycles. The lowest BCUT2D eigenvalue weighted by Crippen LogP contribution is -2.61. The van der Waals surface area contributed by atoms with Crippen LogP contribution in [0.2, 0.25) is 0 Å². The van der Waals surface area contributed by atoms with E-state index in [1.54, 1.807) is 17.2 Å². The lowest BCUT2D eigenvalue weighted by atomic mass is 9.85. The Balaban J connectivity index is 1.61. The summed E-state index contributed by atoms with van der Waals surface area (Å²) in [5.74, 6) is -0.248. The summed E-state index contributed by atoms with van der Waals surface area (Å²) in [6, 6.07) is 8.55. The number of aromatic amines is 1. The molecule has 0 saturated carbocycles. The summed E-state index contributed by atoms with van der Waals surface area (Å²) in [5, 5.41) is 0. The molecule has 0 aromatic carbocycles. The number of amides is 2. The van der Waals surface area contributed by atoms with Crippen LogP contribution in [-0.4, -0.2) is 50.2 Å². The quantitative estimate of drug-likeness (QED) is 0.893. The van der Waals surface area contributed by atoms with E-state index in [9.17, 15) is 14.4 Å². The maximum absolute atomic E-state index is 13.4. The van der Waals surface area contributed by atoms with Crippen molar-refractivity contribution >= 4 is 11.8 Å². The molecule has 0 bridgehead atoms. The van der Waals surface area contributed by atoms with Gasteiger partial charge in [-0.25, -0.2) is 0 Å². The van der Waals surface area contributed by atoms with Crippen LogP contribution in [0.5, 0.6) is 0 Å². The molecule has 2 aromatic heterocycles. The number of nitrogens with one attached hydrogen (secondary N) is 1. The fourth-order valence-electron chi connectivity index (χ4n) is 4.29. The fraction of sp³-hybridized carbons (Fsp3) is 0.400. The molecule has 140 valence electrons. The molecule has 2 aromatic rings. The molecule has 1 unspecified atom stereocenters. The summed E-state index contributed by atoms with van der Waals surface area (Å²) in [7, 11) is 0. The fourth-order valence-corrected chi connectivity index (χ4v) is 4.29. The highest BCUT2D eigenvalue weighted by Gasteiger charge is 2.52. The van der Waals surface area contributed by atoms with Gasteiger partial charge in [0.15, 0.2) is 0 Å². The minimum atomic E-state index is -0.799. The molecule has 0 aliphatic carbocycles. The average molecular weight is 366 g/mol. The molecule has 2 amide bonds. The molecule has 27 heavy (non-hydrogen) atoms. The maximum Gasteiger partial charge on any atom is 0.255 e. The second-order valence-corrected chi connectivity index (χ2v) is 7.18. The van der Waals surface area contributed by atoms with Gasteiger partial charge < -0.3 is 14.8 Å². The number of hydrogen-bond donors (Lipinski definition) is 1. The van der Waals surface area contributed by atoms with E-state index in [-0.39, 0.29) is 17.4 Å². The zero-order chi connectivity index (χ0) is 18.9. The molecule has 2 aliphatic heterocycles. The van der Waals surface area contributed by atoms with Gasteiger partial charge in [0.1, 0.15) is 5.54 Å². The van der Waals surface area contributed by atoms with Crippen LogP contribution in [0, 0.1) is 0 Å². The minimum absolute atomic E-state index is 0.00454. The number of piperidine rings is 1. The summed E-state index contributed by atoms with van der Waals surface area (Å²) in [5.41, 5.74) is 0.0519. The minimum Gasteiger partial charge on any atom is -0.335 e. The van der Waals surface area contributed by atoms with Gasteiger partial charge in [0.25, 0.3) is 5.91 Å². The highest BCUT2D eigenvalue weighted by Crippen LogP contribution is 2.39. The Morgan fingerprint density at radius 1 is 1.15 bits per heavy atom. The molecule has 2 aliphatic rings. The van der Waals surface area contributed by atoms with E-state index in [1.807, 2.05) is 23.1 Å². The molecular weight excluding hydrogens is 344 g/mol. The van der Waals surface area contributed by atoms with Crippen LogP contribution in [0.25, 0.3) is 0 Å². The van der Waals surface area contributed by atoms with E-state index in [0.717, 1.165) is 18.5 Å². The third kappa shape index (κ3) is 3.13. The molecule has 1 spiro atoms. The summed E-state index contributed by atoms with van der Waals surface area (Å²) in [6.07, 6.45) is 6.15. The zero-order valence-corrected chi connectivity index (χ0v) is 15.1. The van der Waals surface area contributed by atoms with Crippen molar-refractivity contribution in [3.63, 3.8) is 0 Å². The molecule has 4 rings (SSSR count). The number of H-pyrrole nitrogens is 1. The third-order valence-electron chi connectivity index (χ3n) is 5.54. The number of aromatic nitrogens is 2. The van der Waals surface area contributed by atoms with Gasteiger partial charge >= 0.3 is 0 Å². The van der Waals surface area contributed by atoms with Crippen molar-refractivity contribution in [2.45, 2.75) is 37.8 Å². The first-order valence-electron chi connectivity index (χ1n) is 9.30. The van der Waals surface area contributed by atoms with Crippen molar-refractivity contribution in [2.24, 2.45) is 0 Å². The van der Waals surface area contributed by atoms with Gasteiger partial charge in [-0.15, -0.1) is 0 Å². The molecule has 1 atom stereocenters. The number of pyridine rings is 2. The largest absolute Gasteiger partial charge is 0.335 e. The maximum atomic E-state index is 13.4. The van der Waals surface area contributed by atoms with Gasteiger partial charge in [-0.05, 0) is 43.9 Å². The molecule has 1 N–H and O–H groups in total. The Morgan fingerprint density at radius 2 is 1.96 bits per heavy atom. The highest BCUT2D eigenvalue weighted by molar-refractivity contribution is 5.99. The van der Waals surface area contributed by atoms with E-state index < -0.39 is 5.54 Å². The molecule has 2 fully saturated rings. The van der Waals surface area contributed by atoms with Gasteiger partial charge in [-0.3, -0.25) is 19.4 Å². The second-order valence-electron chi connectivity index (χ2n) is 7.18. The number of likely N-dealkylation sites (tertiary alicyclic amines) is 2. The highest BCUT2D eigenvalue weighted by atomic mass is 16.2. The van der Waals surface area contributed by atoms with Crippen molar-refractivity contribution in [2.75, 3.05) is 13.1 Å². The van der Waals surface area contributed by atoms with Crippen LogP contribution in [0.1, 0.15) is 41.7 Å². The van der Waals surface area contributed by atoms with Crippen LogP contribution in [0.15, 0.2) is 47.5 Å². The molecule has 7 heteroatoms. The first-order chi connectivity index (χ1) is 13.1.